The fraction of sp³-hybridized carbons (Fsp3) is 0.182. The molecular weight excluding hydrogens is 406 g/mol. The Labute approximate surface area is 183 Å². The van der Waals surface area contributed by atoms with E-state index in [0.29, 0.717) is 5.82 Å². The zero-order valence-electron chi connectivity index (χ0n) is 17.2. The Morgan fingerprint density at radius 3 is 2.81 bits per heavy atom. The van der Waals surface area contributed by atoms with Crippen LogP contribution < -0.4 is 16.0 Å². The van der Waals surface area contributed by atoms with Crippen LogP contribution in [0.2, 0.25) is 0 Å². The first kappa shape index (κ1) is 18.6. The van der Waals surface area contributed by atoms with Crippen molar-refractivity contribution in [3.05, 3.63) is 55.0 Å². The van der Waals surface area contributed by atoms with Crippen molar-refractivity contribution in [3.63, 3.8) is 0 Å². The molecule has 160 valence electrons. The predicted molar refractivity (Wildman–Crippen MR) is 123 cm³/mol. The van der Waals surface area contributed by atoms with Crippen molar-refractivity contribution < 1.29 is 4.74 Å². The fourth-order valence-electron chi connectivity index (χ4n) is 3.96. The third-order valence-electron chi connectivity index (χ3n) is 5.63. The summed E-state index contributed by atoms with van der Waals surface area (Å²) in [6, 6.07) is 11.9. The minimum absolute atomic E-state index is 0.485. The number of nitrogen functional groups attached to an aromatic ring is 1. The highest BCUT2D eigenvalue weighted by Gasteiger charge is 2.14. The van der Waals surface area contributed by atoms with Crippen molar-refractivity contribution in [2.24, 2.45) is 0 Å². The van der Waals surface area contributed by atoms with Gasteiger partial charge in [-0.15, -0.1) is 0 Å². The summed E-state index contributed by atoms with van der Waals surface area (Å²) in [6.07, 6.45) is 5.44. The van der Waals surface area contributed by atoms with Crippen molar-refractivity contribution >= 4 is 39.6 Å². The Bertz CT molecular complexity index is 1400. The highest BCUT2D eigenvalue weighted by Crippen LogP contribution is 2.29. The van der Waals surface area contributed by atoms with Gasteiger partial charge in [0.05, 0.1) is 42.0 Å². The van der Waals surface area contributed by atoms with Crippen molar-refractivity contribution in [2.45, 2.75) is 0 Å². The number of aromatic amines is 1. The number of anilines is 4. The summed E-state index contributed by atoms with van der Waals surface area (Å²) < 4.78 is 7.18. The fourth-order valence-corrected chi connectivity index (χ4v) is 3.96. The minimum atomic E-state index is 0.485. The standard InChI is InChI=1S/C22H21N9O/c23-21-16-3-1-14(11-18(16)27-28-21)17-12-19(22-24-5-6-31(22)29-17)26-20-4-2-15(13-25-20)30-7-9-32-10-8-30/h1-6,11-13H,7-10H2,(H,25,26)(H3,23,27,28). The monoisotopic (exact) mass is 427 g/mol. The summed E-state index contributed by atoms with van der Waals surface area (Å²) >= 11 is 0. The molecule has 32 heavy (non-hydrogen) atoms. The average molecular weight is 427 g/mol. The Morgan fingerprint density at radius 2 is 1.97 bits per heavy atom. The van der Waals surface area contributed by atoms with Crippen LogP contribution in [0.1, 0.15) is 0 Å². The van der Waals surface area contributed by atoms with E-state index in [2.05, 4.69) is 36.4 Å². The molecule has 0 radical (unpaired) electrons. The number of H-pyrrole nitrogens is 1. The number of fused-ring (bicyclic) bond motifs is 2. The van der Waals surface area contributed by atoms with Gasteiger partial charge in [0.1, 0.15) is 5.82 Å². The first-order valence-electron chi connectivity index (χ1n) is 10.4. The molecule has 4 N–H and O–H groups in total. The number of aromatic nitrogens is 6. The second-order valence-electron chi connectivity index (χ2n) is 7.63. The van der Waals surface area contributed by atoms with E-state index in [-0.39, 0.29) is 0 Å². The molecule has 0 amide bonds. The topological polar surface area (TPSA) is 122 Å². The lowest BCUT2D eigenvalue weighted by Gasteiger charge is -2.28. The summed E-state index contributed by atoms with van der Waals surface area (Å²) in [7, 11) is 0. The van der Waals surface area contributed by atoms with Gasteiger partial charge in [0.15, 0.2) is 11.5 Å². The molecule has 0 atom stereocenters. The predicted octanol–water partition coefficient (Wildman–Crippen LogP) is 2.83. The highest BCUT2D eigenvalue weighted by atomic mass is 16.5. The molecule has 0 unspecified atom stereocenters. The number of benzene rings is 1. The van der Waals surface area contributed by atoms with Crippen molar-refractivity contribution in [2.75, 3.05) is 42.3 Å². The first-order chi connectivity index (χ1) is 15.7. The van der Waals surface area contributed by atoms with Crippen LogP contribution in [-0.2, 0) is 4.74 Å². The molecule has 0 spiro atoms. The molecular formula is C22H21N9O. The van der Waals surface area contributed by atoms with E-state index in [1.807, 2.05) is 42.7 Å². The average Bonchev–Trinajstić information content (AvgIpc) is 3.47. The van der Waals surface area contributed by atoms with Crippen LogP contribution >= 0.6 is 0 Å². The van der Waals surface area contributed by atoms with Gasteiger partial charge in [-0.2, -0.15) is 10.2 Å². The lowest BCUT2D eigenvalue weighted by molar-refractivity contribution is 0.122. The zero-order chi connectivity index (χ0) is 21.5. The summed E-state index contributed by atoms with van der Waals surface area (Å²) in [5, 5.41) is 16.0. The molecule has 5 aromatic rings. The summed E-state index contributed by atoms with van der Waals surface area (Å²) in [6.45, 7) is 3.25. The third-order valence-corrected chi connectivity index (χ3v) is 5.63. The number of imidazole rings is 1. The number of rotatable bonds is 4. The number of pyridine rings is 1. The van der Waals surface area contributed by atoms with Crippen LogP contribution in [0.25, 0.3) is 27.8 Å². The number of nitrogens with one attached hydrogen (secondary N) is 2. The maximum atomic E-state index is 5.90. The molecule has 1 fully saturated rings. The van der Waals surface area contributed by atoms with Gasteiger partial charge < -0.3 is 20.7 Å². The van der Waals surface area contributed by atoms with Gasteiger partial charge in [-0.25, -0.2) is 14.5 Å². The maximum Gasteiger partial charge on any atom is 0.177 e. The van der Waals surface area contributed by atoms with Crippen LogP contribution in [0.3, 0.4) is 0 Å². The van der Waals surface area contributed by atoms with Crippen LogP contribution in [-0.4, -0.2) is 56.1 Å². The summed E-state index contributed by atoms with van der Waals surface area (Å²) in [4.78, 5) is 11.3. The largest absolute Gasteiger partial charge is 0.382 e. The summed E-state index contributed by atoms with van der Waals surface area (Å²) in [5.41, 5.74) is 11.1. The number of nitrogens with zero attached hydrogens (tertiary/aromatic N) is 6. The maximum absolute atomic E-state index is 5.90. The molecule has 6 rings (SSSR count). The van der Waals surface area contributed by atoms with E-state index in [9.17, 15) is 0 Å². The lowest BCUT2D eigenvalue weighted by Crippen LogP contribution is -2.36. The molecule has 4 aromatic heterocycles. The van der Waals surface area contributed by atoms with Gasteiger partial charge in [0.2, 0.25) is 0 Å². The van der Waals surface area contributed by atoms with Crippen LogP contribution in [0.15, 0.2) is 55.0 Å². The molecule has 1 aliphatic heterocycles. The Morgan fingerprint density at radius 1 is 1.06 bits per heavy atom. The number of ether oxygens (including phenoxy) is 1. The van der Waals surface area contributed by atoms with Gasteiger partial charge in [0.25, 0.3) is 0 Å². The van der Waals surface area contributed by atoms with Crippen LogP contribution in [0.5, 0.6) is 0 Å². The Hall–Kier alpha value is -4.18. The normalized spacial score (nSPS) is 14.3. The highest BCUT2D eigenvalue weighted by molar-refractivity contribution is 5.91. The molecule has 1 saturated heterocycles. The number of nitrogens with two attached hydrogens (primary N) is 1. The second-order valence-corrected chi connectivity index (χ2v) is 7.63. The molecule has 5 heterocycles. The molecule has 0 aliphatic carbocycles. The zero-order valence-corrected chi connectivity index (χ0v) is 17.2. The minimum Gasteiger partial charge on any atom is -0.382 e. The molecule has 0 bridgehead atoms. The Balaban J connectivity index is 1.34. The molecule has 1 aromatic carbocycles. The van der Waals surface area contributed by atoms with Gasteiger partial charge in [0, 0.05) is 36.4 Å². The number of morpholine rings is 1. The van der Waals surface area contributed by atoms with E-state index < -0.39 is 0 Å². The molecule has 0 saturated carbocycles. The van der Waals surface area contributed by atoms with Crippen molar-refractivity contribution in [1.82, 2.24) is 29.8 Å². The number of hydrogen-bond acceptors (Lipinski definition) is 8. The van der Waals surface area contributed by atoms with E-state index in [1.54, 1.807) is 10.7 Å². The lowest BCUT2D eigenvalue weighted by atomic mass is 10.1. The first-order valence-corrected chi connectivity index (χ1v) is 10.4. The number of hydrogen-bond donors (Lipinski definition) is 3. The molecule has 10 nitrogen and oxygen atoms in total. The SMILES string of the molecule is Nc1n[nH]c2cc(-c3cc(Nc4ccc(N5CCOCC5)cn4)c4nccn4n3)ccc12. The summed E-state index contributed by atoms with van der Waals surface area (Å²) in [5.74, 6) is 1.22. The molecule has 10 heteroatoms. The van der Waals surface area contributed by atoms with Crippen molar-refractivity contribution in [1.29, 1.82) is 0 Å². The smallest absolute Gasteiger partial charge is 0.177 e. The molecule has 1 aliphatic rings. The van der Waals surface area contributed by atoms with E-state index in [1.165, 1.54) is 0 Å². The quantitative estimate of drug-likeness (QED) is 0.400. The van der Waals surface area contributed by atoms with Crippen LogP contribution in [0, 0.1) is 0 Å². The van der Waals surface area contributed by atoms with Gasteiger partial charge in [-0.3, -0.25) is 5.10 Å². The van der Waals surface area contributed by atoms with Gasteiger partial charge in [-0.05, 0) is 30.3 Å². The van der Waals surface area contributed by atoms with Gasteiger partial charge >= 0.3 is 0 Å². The Kier molecular flexibility index (Phi) is 4.36. The van der Waals surface area contributed by atoms with E-state index in [4.69, 9.17) is 15.6 Å². The van der Waals surface area contributed by atoms with Crippen LogP contribution in [0.4, 0.5) is 23.0 Å². The third kappa shape index (κ3) is 3.26. The van der Waals surface area contributed by atoms with E-state index >= 15 is 0 Å². The van der Waals surface area contributed by atoms with Crippen molar-refractivity contribution in [3.8, 4) is 11.3 Å². The van der Waals surface area contributed by atoms with E-state index in [0.717, 1.165) is 71.3 Å². The second kappa shape index (κ2) is 7.50. The van der Waals surface area contributed by atoms with Gasteiger partial charge in [-0.1, -0.05) is 6.07 Å².